The van der Waals surface area contributed by atoms with Crippen LogP contribution in [0.15, 0.2) is 163 Å². The topological polar surface area (TPSA) is 72.6 Å². The van der Waals surface area contributed by atoms with E-state index in [1.165, 1.54) is 15.9 Å². The van der Waals surface area contributed by atoms with Crippen LogP contribution in [-0.4, -0.2) is 40.1 Å². The molecule has 1 fully saturated rings. The Kier molecular flexibility index (Phi) is 8.59. The molecule has 1 unspecified atom stereocenters. The average molecular weight is 642 g/mol. The van der Waals surface area contributed by atoms with E-state index in [0.29, 0.717) is 17.6 Å². The fourth-order valence-electron chi connectivity index (χ4n) is 6.49. The highest BCUT2D eigenvalue weighted by atomic mass is 32.2. The van der Waals surface area contributed by atoms with Gasteiger partial charge in [-0.1, -0.05) is 115 Å². The van der Waals surface area contributed by atoms with Gasteiger partial charge in [0.05, 0.1) is 6.16 Å². The van der Waals surface area contributed by atoms with Crippen LogP contribution < -0.4 is 21.6 Å². The first kappa shape index (κ1) is 30.2. The van der Waals surface area contributed by atoms with E-state index in [4.69, 9.17) is 10.5 Å². The number of β-lactam (4-membered cyclic amide) rings is 1. The first-order chi connectivity index (χ1) is 22.6. The summed E-state index contributed by atoms with van der Waals surface area (Å²) in [5, 5.41) is 3.32. The zero-order chi connectivity index (χ0) is 31.5. The van der Waals surface area contributed by atoms with Gasteiger partial charge in [-0.15, -0.1) is 11.8 Å². The summed E-state index contributed by atoms with van der Waals surface area (Å²) in [6, 6.07) is 50.5. The van der Waals surface area contributed by atoms with Gasteiger partial charge in [-0.05, 0) is 47.5 Å². The Morgan fingerprint density at radius 1 is 0.717 bits per heavy atom. The molecule has 1 amide bonds. The fraction of sp³-hybridized carbons (Fsp3) is 0.128. The lowest BCUT2D eigenvalue weighted by atomic mass is 10.0. The minimum absolute atomic E-state index is 0.249. The molecule has 2 N–H and O–H groups in total. The van der Waals surface area contributed by atoms with Gasteiger partial charge < -0.3 is 10.5 Å². The second-order valence-electron chi connectivity index (χ2n) is 11.5. The Labute approximate surface area is 274 Å². The lowest BCUT2D eigenvalue weighted by molar-refractivity contribution is -0.153. The molecule has 0 aromatic heterocycles. The molecule has 2 heterocycles. The minimum atomic E-state index is -2.35. The van der Waals surface area contributed by atoms with Gasteiger partial charge in [0.2, 0.25) is 5.91 Å². The van der Waals surface area contributed by atoms with Gasteiger partial charge in [-0.3, -0.25) is 9.69 Å². The van der Waals surface area contributed by atoms with Gasteiger partial charge >= 0.3 is 5.97 Å². The van der Waals surface area contributed by atoms with Crippen molar-refractivity contribution in [2.24, 2.45) is 5.73 Å². The molecule has 228 valence electrons. The molecule has 5 aromatic rings. The van der Waals surface area contributed by atoms with Gasteiger partial charge in [-0.2, -0.15) is 0 Å². The molecule has 0 bridgehead atoms. The number of nitrogens with two attached hydrogens (primary N) is 1. The van der Waals surface area contributed by atoms with E-state index in [-0.39, 0.29) is 11.3 Å². The third kappa shape index (κ3) is 5.47. The number of fused-ring (bicyclic) bond motifs is 1. The predicted octanol–water partition coefficient (Wildman–Crippen LogP) is 5.81. The number of esters is 1. The number of rotatable bonds is 9. The number of benzene rings is 5. The summed E-state index contributed by atoms with van der Waals surface area (Å²) in [4.78, 5) is 29.6. The van der Waals surface area contributed by atoms with Crippen LogP contribution in [0, 0.1) is 0 Å². The highest BCUT2D eigenvalue weighted by Crippen LogP contribution is 2.58. The van der Waals surface area contributed by atoms with Crippen molar-refractivity contribution in [3.05, 3.63) is 174 Å². The SMILES string of the molecule is NC1C(=O)N2C(C(=O)OC(c3ccccc3)c3ccccc3)=C(C[P+](c3ccccc3)(c3ccccc3)c3ccccc3)CS[C@@H]12. The summed E-state index contributed by atoms with van der Waals surface area (Å²) in [6.45, 7) is 0. The molecule has 5 aromatic carbocycles. The molecule has 1 saturated heterocycles. The monoisotopic (exact) mass is 641 g/mol. The van der Waals surface area contributed by atoms with E-state index in [0.717, 1.165) is 16.7 Å². The third-order valence-corrected chi connectivity index (χ3v) is 14.5. The van der Waals surface area contributed by atoms with Crippen molar-refractivity contribution in [3.63, 3.8) is 0 Å². The molecule has 7 heteroatoms. The first-order valence-corrected chi connectivity index (χ1v) is 18.4. The van der Waals surface area contributed by atoms with Gasteiger partial charge in [-0.25, -0.2) is 4.79 Å². The third-order valence-electron chi connectivity index (χ3n) is 8.73. The van der Waals surface area contributed by atoms with Crippen molar-refractivity contribution in [3.8, 4) is 0 Å². The van der Waals surface area contributed by atoms with E-state index < -0.39 is 25.4 Å². The summed E-state index contributed by atoms with van der Waals surface area (Å²) in [5.41, 5.74) is 9.24. The molecule has 5 nitrogen and oxygen atoms in total. The number of hydrogen-bond donors (Lipinski definition) is 1. The number of carbonyl (C=O) groups excluding carboxylic acids is 2. The lowest BCUT2D eigenvalue weighted by Gasteiger charge is -2.48. The molecule has 2 aliphatic rings. The van der Waals surface area contributed by atoms with Gasteiger partial charge in [0, 0.05) is 11.3 Å². The predicted molar refractivity (Wildman–Crippen MR) is 189 cm³/mol. The number of hydrogen-bond acceptors (Lipinski definition) is 5. The van der Waals surface area contributed by atoms with Gasteiger partial charge in [0.25, 0.3) is 0 Å². The van der Waals surface area contributed by atoms with Crippen molar-refractivity contribution >= 4 is 46.8 Å². The molecule has 2 aliphatic heterocycles. The van der Waals surface area contributed by atoms with Crippen LogP contribution in [0.25, 0.3) is 0 Å². The van der Waals surface area contributed by atoms with Crippen LogP contribution in [0.3, 0.4) is 0 Å². The second-order valence-corrected chi connectivity index (χ2v) is 16.1. The number of carbonyl (C=O) groups is 2. The van der Waals surface area contributed by atoms with Gasteiger partial charge in [0.1, 0.15) is 40.3 Å². The summed E-state index contributed by atoms with van der Waals surface area (Å²) in [7, 11) is -2.35. The zero-order valence-corrected chi connectivity index (χ0v) is 26.9. The van der Waals surface area contributed by atoms with Crippen LogP contribution in [0.5, 0.6) is 0 Å². The molecule has 0 spiro atoms. The largest absolute Gasteiger partial charge is 0.448 e. The van der Waals surface area contributed by atoms with Crippen molar-refractivity contribution in [2.45, 2.75) is 17.5 Å². The average Bonchev–Trinajstić information content (AvgIpc) is 3.14. The highest BCUT2D eigenvalue weighted by molar-refractivity contribution is 8.00. The Balaban J connectivity index is 1.39. The van der Waals surface area contributed by atoms with Crippen LogP contribution >= 0.6 is 19.0 Å². The van der Waals surface area contributed by atoms with E-state index in [9.17, 15) is 9.59 Å². The van der Waals surface area contributed by atoms with E-state index in [1.54, 1.807) is 16.7 Å². The molecule has 2 atom stereocenters. The van der Waals surface area contributed by atoms with Crippen LogP contribution in [0.1, 0.15) is 17.2 Å². The van der Waals surface area contributed by atoms with E-state index >= 15 is 0 Å². The van der Waals surface area contributed by atoms with Crippen molar-refractivity contribution in [1.29, 1.82) is 0 Å². The normalized spacial score (nSPS) is 17.8. The van der Waals surface area contributed by atoms with Crippen LogP contribution in [0.2, 0.25) is 0 Å². The number of thioether (sulfide) groups is 1. The highest BCUT2D eigenvalue weighted by Gasteiger charge is 2.55. The lowest BCUT2D eigenvalue weighted by Crippen LogP contribution is -2.68. The standard InChI is InChI=1S/C39H34N2O3PS/c40-34-37(42)41-35(39(43)44-36(28-16-6-1-7-17-28)29-18-8-2-9-19-29)30(27-46-38(34)41)26-45(31-20-10-3-11-21-31,32-22-12-4-13-23-32)33-24-14-5-15-25-33/h1-25,34,36,38H,26-27,40H2/q+1/t34?,38-/m0/s1. The molecule has 0 aliphatic carbocycles. The zero-order valence-electron chi connectivity index (χ0n) is 25.2. The maximum Gasteiger partial charge on any atom is 0.356 e. The molecule has 7 rings (SSSR count). The number of ether oxygens (including phenoxy) is 1. The molecule has 0 saturated carbocycles. The maximum atomic E-state index is 14.6. The Morgan fingerprint density at radius 2 is 1.13 bits per heavy atom. The summed E-state index contributed by atoms with van der Waals surface area (Å²) >= 11 is 1.62. The molecular weight excluding hydrogens is 607 g/mol. The smallest absolute Gasteiger partial charge is 0.356 e. The number of nitrogens with zero attached hydrogens (tertiary/aromatic N) is 1. The molecular formula is C39H34N2O3PS+. The fourth-order valence-corrected chi connectivity index (χ4v) is 12.3. The minimum Gasteiger partial charge on any atom is -0.448 e. The van der Waals surface area contributed by atoms with Crippen molar-refractivity contribution in [2.75, 3.05) is 11.9 Å². The van der Waals surface area contributed by atoms with E-state index in [2.05, 4.69) is 72.8 Å². The second kappa shape index (κ2) is 13.1. The summed E-state index contributed by atoms with van der Waals surface area (Å²) in [5.74, 6) is -0.187. The van der Waals surface area contributed by atoms with Crippen LogP contribution in [0.4, 0.5) is 0 Å². The summed E-state index contributed by atoms with van der Waals surface area (Å²) in [6.07, 6.45) is -0.0612. The van der Waals surface area contributed by atoms with Crippen molar-refractivity contribution in [1.82, 2.24) is 4.90 Å². The molecule has 46 heavy (non-hydrogen) atoms. The Morgan fingerprint density at radius 3 is 1.57 bits per heavy atom. The maximum absolute atomic E-state index is 14.6. The quantitative estimate of drug-likeness (QED) is 0.125. The Hall–Kier alpha value is -4.48. The molecule has 0 radical (unpaired) electrons. The first-order valence-electron chi connectivity index (χ1n) is 15.4. The Bertz CT molecular complexity index is 1720. The van der Waals surface area contributed by atoms with E-state index in [1.807, 2.05) is 78.9 Å². The summed E-state index contributed by atoms with van der Waals surface area (Å²) < 4.78 is 6.43. The van der Waals surface area contributed by atoms with Crippen LogP contribution in [-0.2, 0) is 14.3 Å². The van der Waals surface area contributed by atoms with Crippen molar-refractivity contribution < 1.29 is 14.3 Å². The number of amides is 1. The van der Waals surface area contributed by atoms with Gasteiger partial charge in [0.15, 0.2) is 6.10 Å².